The zero-order valence-electron chi connectivity index (χ0n) is 22.1. The lowest BCUT2D eigenvalue weighted by Crippen LogP contribution is -2.27. The van der Waals surface area contributed by atoms with Crippen molar-refractivity contribution in [3.05, 3.63) is 35.9 Å². The molecule has 0 fully saturated rings. The van der Waals surface area contributed by atoms with Crippen LogP contribution in [0.15, 0.2) is 30.3 Å². The Morgan fingerprint density at radius 2 is 0.812 bits per heavy atom. The van der Waals surface area contributed by atoms with Gasteiger partial charge in [-0.25, -0.2) is 0 Å². The van der Waals surface area contributed by atoms with Gasteiger partial charge < -0.3 is 4.90 Å². The number of nitrogens with zero attached hydrogens (tertiary/aromatic N) is 1. The van der Waals surface area contributed by atoms with E-state index in [1.54, 1.807) is 0 Å². The monoisotopic (exact) mass is 443 g/mol. The minimum Gasteiger partial charge on any atom is -0.303 e. The van der Waals surface area contributed by atoms with Gasteiger partial charge in [0.25, 0.3) is 0 Å². The fourth-order valence-corrected chi connectivity index (χ4v) is 4.78. The number of benzene rings is 1. The third-order valence-corrected chi connectivity index (χ3v) is 6.94. The Morgan fingerprint density at radius 1 is 0.438 bits per heavy atom. The van der Waals surface area contributed by atoms with E-state index in [4.69, 9.17) is 0 Å². The first kappa shape index (κ1) is 29.2. The lowest BCUT2D eigenvalue weighted by Gasteiger charge is -2.22. The maximum atomic E-state index is 2.78. The van der Waals surface area contributed by atoms with Crippen LogP contribution in [0.3, 0.4) is 0 Å². The van der Waals surface area contributed by atoms with Crippen LogP contribution in [0.4, 0.5) is 0 Å². The predicted molar refractivity (Wildman–Crippen MR) is 146 cm³/mol. The number of rotatable bonds is 24. The zero-order valence-corrected chi connectivity index (χ0v) is 22.1. The number of unbranched alkanes of at least 4 members (excludes halogenated alkanes) is 16. The molecule has 0 unspecified atom stereocenters. The van der Waals surface area contributed by atoms with Crippen LogP contribution in [0.1, 0.15) is 141 Å². The molecule has 1 aromatic rings. The summed E-state index contributed by atoms with van der Waals surface area (Å²) in [4.78, 5) is 2.78. The highest BCUT2D eigenvalue weighted by molar-refractivity contribution is 5.14. The van der Waals surface area contributed by atoms with Gasteiger partial charge in [-0.2, -0.15) is 0 Å². The molecule has 0 saturated carbocycles. The van der Waals surface area contributed by atoms with E-state index in [-0.39, 0.29) is 0 Å². The molecule has 0 saturated heterocycles. The SMILES string of the molecule is CCCCCCCCCCCN(CCCCCCCCCCC)CCCc1ccccc1. The largest absolute Gasteiger partial charge is 0.303 e. The average Bonchev–Trinajstić information content (AvgIpc) is 2.82. The van der Waals surface area contributed by atoms with E-state index in [0.717, 1.165) is 0 Å². The molecule has 1 nitrogen and oxygen atoms in total. The van der Waals surface area contributed by atoms with E-state index < -0.39 is 0 Å². The van der Waals surface area contributed by atoms with Gasteiger partial charge in [-0.1, -0.05) is 147 Å². The fraction of sp³-hybridized carbons (Fsp3) is 0.806. The summed E-state index contributed by atoms with van der Waals surface area (Å²) in [5.41, 5.74) is 1.50. The first-order valence-corrected chi connectivity index (χ1v) is 14.6. The van der Waals surface area contributed by atoms with Gasteiger partial charge in [-0.15, -0.1) is 0 Å². The topological polar surface area (TPSA) is 3.24 Å². The molecule has 0 radical (unpaired) electrons. The standard InChI is InChI=1S/C31H57N/c1-3-5-7-9-11-13-15-17-22-28-32(30-24-27-31-25-20-19-21-26-31)29-23-18-16-14-12-10-8-6-4-2/h19-21,25-26H,3-18,22-24,27-30H2,1-2H3. The predicted octanol–water partition coefficient (Wildman–Crippen LogP) is 9.98. The molecule has 0 aromatic heterocycles. The molecule has 0 spiro atoms. The van der Waals surface area contributed by atoms with E-state index in [0.29, 0.717) is 0 Å². The Morgan fingerprint density at radius 3 is 1.25 bits per heavy atom. The highest BCUT2D eigenvalue weighted by Gasteiger charge is 2.05. The lowest BCUT2D eigenvalue weighted by atomic mass is 10.1. The van der Waals surface area contributed by atoms with E-state index in [1.807, 2.05) is 0 Å². The number of hydrogen-bond donors (Lipinski definition) is 0. The van der Waals surface area contributed by atoms with Crippen LogP contribution in [0.2, 0.25) is 0 Å². The van der Waals surface area contributed by atoms with Gasteiger partial charge in [0.15, 0.2) is 0 Å². The third-order valence-electron chi connectivity index (χ3n) is 6.94. The normalized spacial score (nSPS) is 11.5. The first-order chi connectivity index (χ1) is 15.9. The number of aryl methyl sites for hydroxylation is 1. The van der Waals surface area contributed by atoms with Crippen LogP contribution in [0.25, 0.3) is 0 Å². The van der Waals surface area contributed by atoms with Crippen LogP contribution < -0.4 is 0 Å². The Balaban J connectivity index is 2.14. The van der Waals surface area contributed by atoms with Gasteiger partial charge >= 0.3 is 0 Å². The van der Waals surface area contributed by atoms with E-state index >= 15 is 0 Å². The molecule has 0 bridgehead atoms. The van der Waals surface area contributed by atoms with Crippen LogP contribution in [0.5, 0.6) is 0 Å². The highest BCUT2D eigenvalue weighted by Crippen LogP contribution is 2.13. The fourth-order valence-electron chi connectivity index (χ4n) is 4.78. The second-order valence-electron chi connectivity index (χ2n) is 10.1. The summed E-state index contributed by atoms with van der Waals surface area (Å²) >= 11 is 0. The summed E-state index contributed by atoms with van der Waals surface area (Å²) in [5.74, 6) is 0. The molecule has 0 heterocycles. The van der Waals surface area contributed by atoms with Gasteiger partial charge in [0.1, 0.15) is 0 Å². The van der Waals surface area contributed by atoms with Gasteiger partial charge in [0.2, 0.25) is 0 Å². The second-order valence-corrected chi connectivity index (χ2v) is 10.1. The Labute approximate surface area is 202 Å². The van der Waals surface area contributed by atoms with Crippen molar-refractivity contribution in [2.45, 2.75) is 142 Å². The van der Waals surface area contributed by atoms with Crippen molar-refractivity contribution in [1.29, 1.82) is 0 Å². The van der Waals surface area contributed by atoms with Crippen LogP contribution in [-0.4, -0.2) is 24.5 Å². The van der Waals surface area contributed by atoms with E-state index in [1.165, 1.54) is 154 Å². The summed E-state index contributed by atoms with van der Waals surface area (Å²) in [6, 6.07) is 11.1. The zero-order chi connectivity index (χ0) is 23.0. The summed E-state index contributed by atoms with van der Waals surface area (Å²) in [6.07, 6.45) is 28.3. The summed E-state index contributed by atoms with van der Waals surface area (Å²) in [7, 11) is 0. The minimum atomic E-state index is 1.23. The molecule has 0 aliphatic heterocycles. The smallest absolute Gasteiger partial charge is 0.00156 e. The van der Waals surface area contributed by atoms with Crippen molar-refractivity contribution in [3.8, 4) is 0 Å². The maximum Gasteiger partial charge on any atom is -0.00156 e. The minimum absolute atomic E-state index is 1.23. The summed E-state index contributed by atoms with van der Waals surface area (Å²) < 4.78 is 0. The van der Waals surface area contributed by atoms with E-state index in [9.17, 15) is 0 Å². The Hall–Kier alpha value is -0.820. The molecule has 0 atom stereocenters. The van der Waals surface area contributed by atoms with Gasteiger partial charge in [0, 0.05) is 0 Å². The third kappa shape index (κ3) is 18.7. The van der Waals surface area contributed by atoms with Gasteiger partial charge in [0.05, 0.1) is 0 Å². The molecule has 186 valence electrons. The summed E-state index contributed by atoms with van der Waals surface area (Å²) in [6.45, 7) is 8.53. The van der Waals surface area contributed by atoms with Crippen molar-refractivity contribution in [1.82, 2.24) is 4.90 Å². The van der Waals surface area contributed by atoms with Crippen molar-refractivity contribution in [2.24, 2.45) is 0 Å². The van der Waals surface area contributed by atoms with Crippen molar-refractivity contribution < 1.29 is 0 Å². The van der Waals surface area contributed by atoms with Crippen LogP contribution in [0, 0.1) is 0 Å². The molecule has 0 aliphatic carbocycles. The second kappa shape index (κ2) is 23.3. The van der Waals surface area contributed by atoms with Gasteiger partial charge in [-0.05, 0) is 50.9 Å². The molecule has 1 heteroatoms. The molecular formula is C31H57N. The molecule has 0 N–H and O–H groups in total. The molecule has 1 rings (SSSR count). The molecule has 0 amide bonds. The van der Waals surface area contributed by atoms with Crippen molar-refractivity contribution >= 4 is 0 Å². The van der Waals surface area contributed by atoms with Crippen LogP contribution >= 0.6 is 0 Å². The Kier molecular flexibility index (Phi) is 21.3. The van der Waals surface area contributed by atoms with Crippen LogP contribution in [-0.2, 0) is 6.42 Å². The Bertz CT molecular complexity index is 447. The molecule has 1 aromatic carbocycles. The lowest BCUT2D eigenvalue weighted by molar-refractivity contribution is 0.257. The van der Waals surface area contributed by atoms with Gasteiger partial charge in [-0.3, -0.25) is 0 Å². The quantitative estimate of drug-likeness (QED) is 0.144. The maximum absolute atomic E-state index is 2.78. The average molecular weight is 444 g/mol. The summed E-state index contributed by atoms with van der Waals surface area (Å²) in [5, 5.41) is 0. The highest BCUT2D eigenvalue weighted by atomic mass is 15.1. The first-order valence-electron chi connectivity index (χ1n) is 14.6. The van der Waals surface area contributed by atoms with Crippen molar-refractivity contribution in [2.75, 3.05) is 19.6 Å². The molecular weight excluding hydrogens is 386 g/mol. The molecule has 0 aliphatic rings. The number of hydrogen-bond acceptors (Lipinski definition) is 1. The molecule has 32 heavy (non-hydrogen) atoms. The van der Waals surface area contributed by atoms with E-state index in [2.05, 4.69) is 49.1 Å². The van der Waals surface area contributed by atoms with Crippen molar-refractivity contribution in [3.63, 3.8) is 0 Å².